The van der Waals surface area contributed by atoms with E-state index in [4.69, 9.17) is 80.5 Å². The molecule has 9 fully saturated rings. The summed E-state index contributed by atoms with van der Waals surface area (Å²) in [5, 5.41) is 280. The summed E-state index contributed by atoms with van der Waals surface area (Å²) >= 11 is 0. The summed E-state index contributed by atoms with van der Waals surface area (Å²) in [5.41, 5.74) is 0. The highest BCUT2D eigenvalue weighted by Crippen LogP contribution is 2.38. The van der Waals surface area contributed by atoms with Crippen molar-refractivity contribution in [1.29, 1.82) is 0 Å². The highest BCUT2D eigenvalue weighted by Gasteiger charge is 2.59. The summed E-state index contributed by atoms with van der Waals surface area (Å²) in [7, 11) is 0. The predicted octanol–water partition coefficient (Wildman–Crippen LogP) is -18.7. The molecule has 26 N–H and O–H groups in total. The van der Waals surface area contributed by atoms with Crippen molar-refractivity contribution in [2.75, 3.05) is 59.5 Å². The van der Waals surface area contributed by atoms with E-state index < -0.39 is 318 Å². The SMILES string of the molecule is OC[C@H]1O[C@@H](O[C@H]2[C@H](O)[C@@H](O)[C@H](O[C@H]3[C@H](O)[C@@H](O)C(O)O[C@@H]3CO)O[C@@H]2CO)[C@H](O)[C@@H](O)[C@@H]1O[C@@H]1O[C@H](CO[C@H]2OC[C@@H](O)[C@H](O)[C@H]2O)[C@@H](O[C@@H]2O[C@H](CO[C@H]3OC[C@@H](O)[C@H](O)[C@H]3O)[C@@H](O[C@@H]3O[C@H](CO[C@H]4OC[C@@H](O)[C@H](O)[C@H]4O)[C@@H](O)[C@H](O)[C@H]3O)[C@H](O)[C@H]2O)[C@H](O)[C@H]1O. The largest absolute Gasteiger partial charge is 0.394 e. The Balaban J connectivity index is 0.911. The molecule has 9 aliphatic heterocycles. The van der Waals surface area contributed by atoms with Crippen LogP contribution in [0.1, 0.15) is 0 Å². The van der Waals surface area contributed by atoms with Gasteiger partial charge in [0, 0.05) is 0 Å². The maximum Gasteiger partial charge on any atom is 0.187 e. The molecular weight excluding hydrogens is 1300 g/mol. The smallest absolute Gasteiger partial charge is 0.187 e. The first-order valence-electron chi connectivity index (χ1n) is 29.9. The predicted molar refractivity (Wildman–Crippen MR) is 279 cm³/mol. The molecule has 548 valence electrons. The molecule has 9 aliphatic rings. The molecule has 43 heteroatoms. The lowest BCUT2D eigenvalue weighted by Crippen LogP contribution is -2.68. The molecule has 0 aliphatic carbocycles. The molecule has 94 heavy (non-hydrogen) atoms. The molecule has 42 atom stereocenters. The van der Waals surface area contributed by atoms with Gasteiger partial charge in [0.15, 0.2) is 56.6 Å². The van der Waals surface area contributed by atoms with Crippen LogP contribution in [-0.2, 0) is 80.5 Å². The zero-order chi connectivity index (χ0) is 68.6. The number of aliphatic hydroxyl groups excluding tert-OH is 26. The minimum absolute atomic E-state index is 0.506. The maximum absolute atomic E-state index is 12.0. The molecule has 0 amide bonds. The Hall–Kier alpha value is -1.72. The lowest BCUT2D eigenvalue weighted by atomic mass is 9.95. The van der Waals surface area contributed by atoms with Crippen molar-refractivity contribution in [2.45, 2.75) is 258 Å². The number of rotatable bonds is 22. The third-order valence-electron chi connectivity index (χ3n) is 17.5. The maximum atomic E-state index is 12.0. The molecule has 1 unspecified atom stereocenters. The van der Waals surface area contributed by atoms with Gasteiger partial charge in [0.2, 0.25) is 0 Å². The van der Waals surface area contributed by atoms with Crippen LogP contribution in [0.5, 0.6) is 0 Å². The van der Waals surface area contributed by atoms with E-state index in [0.717, 1.165) is 0 Å². The Morgan fingerprint density at radius 2 is 0.457 bits per heavy atom. The van der Waals surface area contributed by atoms with Gasteiger partial charge in [0.05, 0.1) is 59.5 Å². The topological polar surface area (TPSA) is 683 Å². The van der Waals surface area contributed by atoms with E-state index in [1.165, 1.54) is 0 Å². The van der Waals surface area contributed by atoms with Crippen molar-refractivity contribution in [2.24, 2.45) is 0 Å². The second kappa shape index (κ2) is 32.9. The van der Waals surface area contributed by atoms with Gasteiger partial charge in [0.1, 0.15) is 201 Å². The van der Waals surface area contributed by atoms with Crippen LogP contribution in [0.15, 0.2) is 0 Å². The van der Waals surface area contributed by atoms with Gasteiger partial charge in [-0.1, -0.05) is 0 Å². The summed E-state index contributed by atoms with van der Waals surface area (Å²) in [4.78, 5) is 0. The van der Waals surface area contributed by atoms with Crippen LogP contribution in [0.3, 0.4) is 0 Å². The molecule has 0 aromatic carbocycles. The Morgan fingerprint density at radius 3 is 0.766 bits per heavy atom. The summed E-state index contributed by atoms with van der Waals surface area (Å²) in [6.07, 6.45) is -83.1. The van der Waals surface area contributed by atoms with Gasteiger partial charge < -0.3 is 213 Å². The minimum Gasteiger partial charge on any atom is -0.394 e. The second-order valence-corrected chi connectivity index (χ2v) is 24.0. The summed E-state index contributed by atoms with van der Waals surface area (Å²) in [5.74, 6) is 0. The van der Waals surface area contributed by atoms with Gasteiger partial charge in [0.25, 0.3) is 0 Å². The Kier molecular flexibility index (Phi) is 26.8. The first kappa shape index (κ1) is 76.5. The summed E-state index contributed by atoms with van der Waals surface area (Å²) in [6.45, 7) is -7.51. The van der Waals surface area contributed by atoms with E-state index in [0.29, 0.717) is 0 Å². The van der Waals surface area contributed by atoms with Gasteiger partial charge >= 0.3 is 0 Å². The third-order valence-corrected chi connectivity index (χ3v) is 17.5. The summed E-state index contributed by atoms with van der Waals surface area (Å²) in [6, 6.07) is 0. The van der Waals surface area contributed by atoms with E-state index in [-0.39, 0.29) is 0 Å². The molecular formula is C51H86O43. The molecule has 0 radical (unpaired) electrons. The normalized spacial score (nSPS) is 53.9. The van der Waals surface area contributed by atoms with Crippen molar-refractivity contribution < 1.29 is 213 Å². The van der Waals surface area contributed by atoms with E-state index in [1.807, 2.05) is 0 Å². The zero-order valence-corrected chi connectivity index (χ0v) is 49.2. The van der Waals surface area contributed by atoms with Crippen LogP contribution >= 0.6 is 0 Å². The van der Waals surface area contributed by atoms with Crippen LogP contribution in [-0.4, -0.2) is 450 Å². The van der Waals surface area contributed by atoms with Crippen LogP contribution in [0.2, 0.25) is 0 Å². The number of ether oxygens (including phenoxy) is 17. The molecule has 9 saturated heterocycles. The third kappa shape index (κ3) is 16.3. The van der Waals surface area contributed by atoms with Crippen LogP contribution in [0.25, 0.3) is 0 Å². The van der Waals surface area contributed by atoms with Gasteiger partial charge in [-0.05, 0) is 0 Å². The highest BCUT2D eigenvalue weighted by atomic mass is 16.8. The van der Waals surface area contributed by atoms with Crippen molar-refractivity contribution in [1.82, 2.24) is 0 Å². The van der Waals surface area contributed by atoms with E-state index in [2.05, 4.69) is 0 Å². The Labute approximate surface area is 530 Å². The Morgan fingerprint density at radius 1 is 0.223 bits per heavy atom. The van der Waals surface area contributed by atoms with Gasteiger partial charge in [-0.15, -0.1) is 0 Å². The Bertz CT molecular complexity index is 2290. The highest BCUT2D eigenvalue weighted by molar-refractivity contribution is 5.01. The first-order chi connectivity index (χ1) is 44.5. The van der Waals surface area contributed by atoms with E-state index in [1.54, 1.807) is 0 Å². The molecule has 0 bridgehead atoms. The average molecular weight is 1390 g/mol. The van der Waals surface area contributed by atoms with Gasteiger partial charge in [-0.3, -0.25) is 0 Å². The minimum atomic E-state index is -2.40. The number of hydrogen-bond donors (Lipinski definition) is 26. The van der Waals surface area contributed by atoms with E-state index in [9.17, 15) is 133 Å². The van der Waals surface area contributed by atoms with E-state index >= 15 is 0 Å². The van der Waals surface area contributed by atoms with Crippen molar-refractivity contribution in [3.63, 3.8) is 0 Å². The fraction of sp³-hybridized carbons (Fsp3) is 1.00. The number of aliphatic hydroxyl groups is 26. The lowest BCUT2D eigenvalue weighted by molar-refractivity contribution is -0.399. The quantitative estimate of drug-likeness (QED) is 0.0479. The standard InChI is InChI=1S/C51H86O43/c52-1-13-38(24(63)29(68)43(77)84-13)90-48-34(73)25(64)39(14(2-53)85-48)91-49-35(74)26(65)40(15(3-54)86-49)92-50-36(75)27(66)42(18(88-50)9-83-46-32(71)21(60)12(57)6-80-46)94-51-37(76)28(67)41(17(89-51)8-82-45-31(70)20(59)11(56)5-79-45)93-47-33(72)23(62)22(61)16(87-47)7-81-44-30(69)19(58)10(55)4-78-44/h10-77H,1-9H2/t10-,11-,12-,13-,14-,15-,16-,17-,18-,19+,20+,21+,22-,23+,24-,25-,26-,27-,28-,29-,30-,31-,32-,33-,34-,35-,36-,37-,38-,39-,40-,41-,42-,43?,44-,45-,46-,47+,48+,49+,50+,51+/m1/s1. The molecule has 9 heterocycles. The monoisotopic (exact) mass is 1390 g/mol. The van der Waals surface area contributed by atoms with Crippen LogP contribution in [0.4, 0.5) is 0 Å². The second-order valence-electron chi connectivity index (χ2n) is 24.0. The molecule has 43 nitrogen and oxygen atoms in total. The molecule has 9 rings (SSSR count). The van der Waals surface area contributed by atoms with Crippen LogP contribution < -0.4 is 0 Å². The fourth-order valence-electron chi connectivity index (χ4n) is 11.8. The van der Waals surface area contributed by atoms with Crippen LogP contribution in [0, 0.1) is 0 Å². The summed E-state index contributed by atoms with van der Waals surface area (Å²) < 4.78 is 95.8. The number of hydrogen-bond acceptors (Lipinski definition) is 43. The van der Waals surface area contributed by atoms with Crippen molar-refractivity contribution in [3.05, 3.63) is 0 Å². The fourth-order valence-corrected chi connectivity index (χ4v) is 11.8. The van der Waals surface area contributed by atoms with Crippen molar-refractivity contribution >= 4 is 0 Å². The molecule has 0 saturated carbocycles. The molecule has 0 aromatic rings. The molecule has 0 spiro atoms. The molecule has 0 aromatic heterocycles. The van der Waals surface area contributed by atoms with Gasteiger partial charge in [-0.2, -0.15) is 0 Å². The lowest BCUT2D eigenvalue weighted by Gasteiger charge is -2.50. The zero-order valence-electron chi connectivity index (χ0n) is 49.2. The average Bonchev–Trinajstić information content (AvgIpc) is 0.778. The van der Waals surface area contributed by atoms with Crippen molar-refractivity contribution in [3.8, 4) is 0 Å². The first-order valence-corrected chi connectivity index (χ1v) is 29.9. The van der Waals surface area contributed by atoms with Gasteiger partial charge in [-0.25, -0.2) is 0 Å².